The minimum absolute atomic E-state index is 0.140. The monoisotopic (exact) mass is 556 g/mol. The van der Waals surface area contributed by atoms with Crippen LogP contribution in [-0.2, 0) is 17.3 Å². The van der Waals surface area contributed by atoms with E-state index in [2.05, 4.69) is 16.4 Å². The van der Waals surface area contributed by atoms with Crippen LogP contribution in [0.15, 0.2) is 24.3 Å². The highest BCUT2D eigenvalue weighted by Crippen LogP contribution is 2.41. The zero-order valence-corrected chi connectivity index (χ0v) is 20.8. The largest absolute Gasteiger partial charge is 0.573 e. The Hall–Kier alpha value is -2.43. The number of ether oxygens (including phenoxy) is 2. The molecule has 0 saturated heterocycles. The van der Waals surface area contributed by atoms with Crippen molar-refractivity contribution in [3.05, 3.63) is 64.2 Å². The third-order valence-electron chi connectivity index (χ3n) is 6.84. The fourth-order valence-corrected chi connectivity index (χ4v) is 4.91. The van der Waals surface area contributed by atoms with Gasteiger partial charge in [-0.3, -0.25) is 0 Å². The van der Waals surface area contributed by atoms with Crippen molar-refractivity contribution < 1.29 is 49.0 Å². The van der Waals surface area contributed by atoms with Gasteiger partial charge in [0.05, 0.1) is 6.61 Å². The Balaban J connectivity index is 1.62. The lowest BCUT2D eigenvalue weighted by Gasteiger charge is -2.29. The molecule has 0 N–H and O–H groups in total. The number of benzene rings is 2. The Bertz CT molecular complexity index is 1030. The lowest BCUT2D eigenvalue weighted by atomic mass is 9.77. The van der Waals surface area contributed by atoms with Gasteiger partial charge < -0.3 is 9.47 Å². The van der Waals surface area contributed by atoms with E-state index >= 15 is 0 Å². The van der Waals surface area contributed by atoms with E-state index in [9.17, 15) is 39.5 Å². The molecule has 0 atom stereocenters. The van der Waals surface area contributed by atoms with Gasteiger partial charge in [0.1, 0.15) is 17.2 Å². The summed E-state index contributed by atoms with van der Waals surface area (Å²) in [7, 11) is 0. The van der Waals surface area contributed by atoms with Gasteiger partial charge in [0.2, 0.25) is 5.75 Å². The molecule has 38 heavy (non-hydrogen) atoms. The Morgan fingerprint density at radius 2 is 1.37 bits per heavy atom. The molecule has 0 bridgehead atoms. The lowest BCUT2D eigenvalue weighted by Crippen LogP contribution is -2.24. The standard InChI is InChI=1S/C27H29F9O2/c1-2-3-4-5-16-6-8-18(9-7-16)19-14-20(28)24(21(29)15-19)26(32,33)37-11-10-17-12-22(30)25(23(31)13-17)38-27(34,35)36/h12-16,18H,2-11H2,1H3/t16-,18-. The van der Waals surface area contributed by atoms with Gasteiger partial charge in [-0.05, 0) is 79.3 Å². The summed E-state index contributed by atoms with van der Waals surface area (Å²) in [6.45, 7) is 1.19. The Labute approximate surface area is 215 Å². The van der Waals surface area contributed by atoms with Crippen LogP contribution in [0.4, 0.5) is 39.5 Å². The highest BCUT2D eigenvalue weighted by Gasteiger charge is 2.40. The van der Waals surface area contributed by atoms with E-state index in [0.717, 1.165) is 50.7 Å². The van der Waals surface area contributed by atoms with Crippen molar-refractivity contribution in [1.29, 1.82) is 0 Å². The minimum Gasteiger partial charge on any atom is -0.399 e. The maximum Gasteiger partial charge on any atom is 0.573 e. The molecule has 1 fully saturated rings. The first kappa shape index (κ1) is 30.1. The van der Waals surface area contributed by atoms with E-state index in [0.29, 0.717) is 36.5 Å². The van der Waals surface area contributed by atoms with Crippen LogP contribution in [0.2, 0.25) is 0 Å². The molecule has 0 unspecified atom stereocenters. The lowest BCUT2D eigenvalue weighted by molar-refractivity contribution is -0.276. The van der Waals surface area contributed by atoms with E-state index in [1.54, 1.807) is 0 Å². The maximum atomic E-state index is 14.7. The van der Waals surface area contributed by atoms with Crippen molar-refractivity contribution >= 4 is 0 Å². The van der Waals surface area contributed by atoms with E-state index in [1.165, 1.54) is 0 Å². The van der Waals surface area contributed by atoms with Crippen molar-refractivity contribution in [2.75, 3.05) is 6.61 Å². The Morgan fingerprint density at radius 3 is 1.89 bits per heavy atom. The second-order valence-electron chi connectivity index (χ2n) is 9.62. The minimum atomic E-state index is -5.34. The van der Waals surface area contributed by atoms with Gasteiger partial charge in [-0.15, -0.1) is 13.2 Å². The van der Waals surface area contributed by atoms with Crippen molar-refractivity contribution in [3.8, 4) is 5.75 Å². The molecule has 1 saturated carbocycles. The molecule has 2 nitrogen and oxygen atoms in total. The van der Waals surface area contributed by atoms with E-state index < -0.39 is 60.1 Å². The predicted molar refractivity (Wildman–Crippen MR) is 122 cm³/mol. The Kier molecular flexibility index (Phi) is 10.00. The topological polar surface area (TPSA) is 18.5 Å². The summed E-state index contributed by atoms with van der Waals surface area (Å²) in [5.74, 6) is -7.62. The second-order valence-corrected chi connectivity index (χ2v) is 9.62. The van der Waals surface area contributed by atoms with Gasteiger partial charge >= 0.3 is 12.5 Å². The number of hydrogen-bond donors (Lipinski definition) is 0. The zero-order chi connectivity index (χ0) is 28.1. The van der Waals surface area contributed by atoms with E-state index in [4.69, 9.17) is 0 Å². The molecule has 11 heteroatoms. The van der Waals surface area contributed by atoms with E-state index in [1.807, 2.05) is 0 Å². The highest BCUT2D eigenvalue weighted by molar-refractivity contribution is 5.32. The molecule has 0 aliphatic heterocycles. The SMILES string of the molecule is CCCCC[C@H]1CC[C@H](c2cc(F)c(C(F)(F)OCCc3cc(F)c(OC(F)(F)F)c(F)c3)c(F)c2)CC1. The molecule has 0 spiro atoms. The molecule has 2 aromatic rings. The number of hydrogen-bond acceptors (Lipinski definition) is 2. The summed E-state index contributed by atoms with van der Waals surface area (Å²) >= 11 is 0. The first-order valence-electron chi connectivity index (χ1n) is 12.6. The number of alkyl halides is 5. The van der Waals surface area contributed by atoms with Crippen LogP contribution in [0.3, 0.4) is 0 Å². The van der Waals surface area contributed by atoms with Gasteiger partial charge in [0.25, 0.3) is 0 Å². The van der Waals surface area contributed by atoms with Crippen LogP contribution in [0.1, 0.15) is 80.9 Å². The highest BCUT2D eigenvalue weighted by atomic mass is 19.4. The summed E-state index contributed by atoms with van der Waals surface area (Å²) in [5, 5.41) is 0. The molecule has 2 aromatic carbocycles. The van der Waals surface area contributed by atoms with Crippen molar-refractivity contribution in [2.45, 2.75) is 83.1 Å². The average molecular weight is 557 g/mol. The van der Waals surface area contributed by atoms with Crippen LogP contribution in [0, 0.1) is 29.2 Å². The third-order valence-corrected chi connectivity index (χ3v) is 6.84. The summed E-state index contributed by atoms with van der Waals surface area (Å²) < 4.78 is 130. The summed E-state index contributed by atoms with van der Waals surface area (Å²) in [6, 6.07) is 2.70. The number of rotatable bonds is 11. The summed E-state index contributed by atoms with van der Waals surface area (Å²) in [4.78, 5) is 0. The first-order valence-corrected chi connectivity index (χ1v) is 12.6. The maximum absolute atomic E-state index is 14.7. The third kappa shape index (κ3) is 8.04. The van der Waals surface area contributed by atoms with Crippen molar-refractivity contribution in [3.63, 3.8) is 0 Å². The fraction of sp³-hybridized carbons (Fsp3) is 0.556. The molecule has 0 amide bonds. The molecule has 3 rings (SSSR count). The number of halogens is 9. The molecule has 212 valence electrons. The van der Waals surface area contributed by atoms with Crippen LogP contribution in [-0.4, -0.2) is 13.0 Å². The van der Waals surface area contributed by atoms with Gasteiger partial charge in [-0.2, -0.15) is 8.78 Å². The molecule has 1 aliphatic carbocycles. The van der Waals surface area contributed by atoms with Crippen LogP contribution in [0.25, 0.3) is 0 Å². The smallest absolute Gasteiger partial charge is 0.399 e. The molecular formula is C27H29F9O2. The number of unbranched alkanes of at least 4 members (excludes halogenated alkanes) is 2. The summed E-state index contributed by atoms with van der Waals surface area (Å²) in [5.41, 5.74) is -1.61. The van der Waals surface area contributed by atoms with Crippen molar-refractivity contribution in [2.24, 2.45) is 5.92 Å². The zero-order valence-electron chi connectivity index (χ0n) is 20.8. The summed E-state index contributed by atoms with van der Waals surface area (Å²) in [6.07, 6.45) is -2.57. The van der Waals surface area contributed by atoms with Gasteiger partial charge in [-0.25, -0.2) is 17.6 Å². The quantitative estimate of drug-likeness (QED) is 0.203. The fourth-order valence-electron chi connectivity index (χ4n) is 4.91. The van der Waals surface area contributed by atoms with Gasteiger partial charge in [0.15, 0.2) is 11.6 Å². The van der Waals surface area contributed by atoms with Gasteiger partial charge in [-0.1, -0.05) is 32.6 Å². The average Bonchev–Trinajstić information content (AvgIpc) is 2.81. The molecule has 0 radical (unpaired) electrons. The molecule has 1 aliphatic rings. The van der Waals surface area contributed by atoms with Crippen LogP contribution >= 0.6 is 0 Å². The normalized spacial score (nSPS) is 18.6. The van der Waals surface area contributed by atoms with Crippen LogP contribution in [0.5, 0.6) is 5.75 Å². The van der Waals surface area contributed by atoms with Gasteiger partial charge in [0, 0.05) is 0 Å². The molecular weight excluding hydrogens is 527 g/mol. The predicted octanol–water partition coefficient (Wildman–Crippen LogP) is 9.30. The van der Waals surface area contributed by atoms with E-state index in [-0.39, 0.29) is 11.5 Å². The molecule has 0 heterocycles. The van der Waals surface area contributed by atoms with Crippen molar-refractivity contribution in [1.82, 2.24) is 0 Å². The first-order chi connectivity index (χ1) is 17.8. The molecule has 0 aromatic heterocycles. The second kappa shape index (κ2) is 12.6. The Morgan fingerprint density at radius 1 is 0.789 bits per heavy atom. The van der Waals surface area contributed by atoms with Crippen LogP contribution < -0.4 is 4.74 Å².